The molecule has 0 bridgehead atoms. The number of thiophene rings is 1. The van der Waals surface area contributed by atoms with Crippen molar-refractivity contribution in [3.05, 3.63) is 87.6 Å². The van der Waals surface area contributed by atoms with Crippen molar-refractivity contribution in [2.75, 3.05) is 0 Å². The second-order valence-corrected chi connectivity index (χ2v) is 9.96. The Morgan fingerprint density at radius 3 is 2.50 bits per heavy atom. The Morgan fingerprint density at radius 2 is 1.81 bits per heavy atom. The number of benzene rings is 2. The Bertz CT molecular complexity index is 1280. The summed E-state index contributed by atoms with van der Waals surface area (Å²) in [4.78, 5) is 20.1. The predicted molar refractivity (Wildman–Crippen MR) is 135 cm³/mol. The highest BCUT2D eigenvalue weighted by Crippen LogP contribution is 2.28. The maximum Gasteiger partial charge on any atom is 0.272 e. The van der Waals surface area contributed by atoms with Crippen molar-refractivity contribution in [2.45, 2.75) is 39.5 Å². The van der Waals surface area contributed by atoms with Crippen LogP contribution in [0.5, 0.6) is 0 Å². The van der Waals surface area contributed by atoms with Gasteiger partial charge < -0.3 is 0 Å². The van der Waals surface area contributed by atoms with Crippen LogP contribution < -0.4 is 5.43 Å². The summed E-state index contributed by atoms with van der Waals surface area (Å²) in [6.07, 6.45) is 2.69. The van der Waals surface area contributed by atoms with E-state index in [0.29, 0.717) is 5.56 Å². The lowest BCUT2D eigenvalue weighted by atomic mass is 9.86. The van der Waals surface area contributed by atoms with E-state index >= 15 is 0 Å². The van der Waals surface area contributed by atoms with E-state index in [1.54, 1.807) is 17.6 Å². The molecule has 2 aromatic heterocycles. The van der Waals surface area contributed by atoms with E-state index in [4.69, 9.17) is 4.98 Å². The van der Waals surface area contributed by atoms with Crippen LogP contribution in [0.2, 0.25) is 0 Å². The van der Waals surface area contributed by atoms with Gasteiger partial charge in [0, 0.05) is 20.7 Å². The first-order chi connectivity index (χ1) is 15.3. The number of carbonyl (C=O) groups is 1. The lowest BCUT2D eigenvalue weighted by molar-refractivity contribution is 0.0956. The van der Waals surface area contributed by atoms with E-state index in [2.05, 4.69) is 68.6 Å². The first-order valence-electron chi connectivity index (χ1n) is 10.8. The summed E-state index contributed by atoms with van der Waals surface area (Å²) in [6.45, 7) is 8.70. The summed E-state index contributed by atoms with van der Waals surface area (Å²) in [5, 5.41) is 4.98. The number of hydrogen-bond donors (Lipinski definition) is 1. The van der Waals surface area contributed by atoms with Gasteiger partial charge in [0.25, 0.3) is 5.91 Å². The van der Waals surface area contributed by atoms with Crippen LogP contribution >= 0.6 is 11.3 Å². The zero-order valence-electron chi connectivity index (χ0n) is 18.8. The zero-order chi connectivity index (χ0) is 22.7. The lowest BCUT2D eigenvalue weighted by Gasteiger charge is -2.19. The molecule has 0 spiro atoms. The van der Waals surface area contributed by atoms with Crippen LogP contribution in [-0.4, -0.2) is 17.1 Å². The van der Waals surface area contributed by atoms with Crippen molar-refractivity contribution in [1.29, 1.82) is 0 Å². The average molecular weight is 442 g/mol. The van der Waals surface area contributed by atoms with E-state index in [1.807, 2.05) is 36.4 Å². The molecule has 5 heteroatoms. The molecule has 0 saturated carbocycles. The van der Waals surface area contributed by atoms with Crippen molar-refractivity contribution < 1.29 is 4.79 Å². The highest BCUT2D eigenvalue weighted by Gasteiger charge is 2.16. The summed E-state index contributed by atoms with van der Waals surface area (Å²) in [7, 11) is 0. The minimum atomic E-state index is -0.250. The number of hydrogen-bond acceptors (Lipinski definition) is 4. The Hall–Kier alpha value is -3.31. The van der Waals surface area contributed by atoms with Gasteiger partial charge in [0.2, 0.25) is 0 Å². The minimum Gasteiger partial charge on any atom is -0.267 e. The summed E-state index contributed by atoms with van der Waals surface area (Å²) < 4.78 is 0. The molecule has 162 valence electrons. The molecule has 1 N–H and O–H groups in total. The number of aryl methyl sites for hydroxylation is 1. The van der Waals surface area contributed by atoms with Crippen LogP contribution in [-0.2, 0) is 11.8 Å². The zero-order valence-corrected chi connectivity index (χ0v) is 19.7. The lowest BCUT2D eigenvalue weighted by Crippen LogP contribution is -2.18. The molecule has 4 nitrogen and oxygen atoms in total. The quantitative estimate of drug-likeness (QED) is 0.281. The van der Waals surface area contributed by atoms with E-state index < -0.39 is 0 Å². The molecular weight excluding hydrogens is 414 g/mol. The molecule has 4 aromatic rings. The molecule has 2 heterocycles. The van der Waals surface area contributed by atoms with Gasteiger partial charge in [-0.05, 0) is 41.7 Å². The third-order valence-corrected chi connectivity index (χ3v) is 6.56. The molecule has 0 fully saturated rings. The monoisotopic (exact) mass is 441 g/mol. The molecule has 4 rings (SSSR count). The van der Waals surface area contributed by atoms with Crippen LogP contribution in [0.15, 0.2) is 71.8 Å². The molecule has 2 aromatic carbocycles. The van der Waals surface area contributed by atoms with E-state index in [1.165, 1.54) is 10.4 Å². The average Bonchev–Trinajstić information content (AvgIpc) is 3.26. The topological polar surface area (TPSA) is 54.4 Å². The number of amides is 1. The highest BCUT2D eigenvalue weighted by molar-refractivity contribution is 7.13. The molecule has 0 atom stereocenters. The van der Waals surface area contributed by atoms with Crippen LogP contribution in [0.4, 0.5) is 0 Å². The maximum atomic E-state index is 13.0. The van der Waals surface area contributed by atoms with Gasteiger partial charge in [-0.25, -0.2) is 10.4 Å². The number of carbonyl (C=O) groups excluding carboxylic acids is 1. The molecule has 0 saturated heterocycles. The largest absolute Gasteiger partial charge is 0.272 e. The Morgan fingerprint density at radius 1 is 1.06 bits per heavy atom. The summed E-state index contributed by atoms with van der Waals surface area (Å²) in [5.74, 6) is -0.250. The molecule has 0 aliphatic carbocycles. The fourth-order valence-corrected chi connectivity index (χ4v) is 4.35. The second-order valence-electron chi connectivity index (χ2n) is 8.76. The molecular formula is C27H27N3OS. The number of hydrazone groups is 1. The van der Waals surface area contributed by atoms with Crippen molar-refractivity contribution in [1.82, 2.24) is 10.4 Å². The summed E-state index contributed by atoms with van der Waals surface area (Å²) in [6, 6.07) is 22.0. The van der Waals surface area contributed by atoms with Gasteiger partial charge in [0.15, 0.2) is 0 Å². The van der Waals surface area contributed by atoms with Crippen LogP contribution in [0.1, 0.15) is 53.4 Å². The van der Waals surface area contributed by atoms with Gasteiger partial charge in [-0.2, -0.15) is 5.10 Å². The number of para-hydroxylation sites is 1. The van der Waals surface area contributed by atoms with Crippen molar-refractivity contribution in [2.24, 2.45) is 5.10 Å². The van der Waals surface area contributed by atoms with Crippen molar-refractivity contribution in [3.63, 3.8) is 0 Å². The van der Waals surface area contributed by atoms with Gasteiger partial charge >= 0.3 is 0 Å². The number of rotatable bonds is 5. The molecule has 0 radical (unpaired) electrons. The SMILES string of the molecule is CCc1ccc(/C=N\NC(=O)c2cc(-c3ccc(C(C)(C)C)cc3)nc3ccccc23)s1. The Kier molecular flexibility index (Phi) is 6.19. The van der Waals surface area contributed by atoms with Crippen LogP contribution in [0.3, 0.4) is 0 Å². The number of nitrogens with one attached hydrogen (secondary N) is 1. The smallest absolute Gasteiger partial charge is 0.267 e. The molecule has 32 heavy (non-hydrogen) atoms. The third kappa shape index (κ3) is 4.78. The predicted octanol–water partition coefficient (Wildman–Crippen LogP) is 6.59. The second kappa shape index (κ2) is 9.05. The van der Waals surface area contributed by atoms with E-state index in [-0.39, 0.29) is 11.3 Å². The van der Waals surface area contributed by atoms with E-state index in [0.717, 1.165) is 33.5 Å². The first-order valence-corrected chi connectivity index (χ1v) is 11.6. The molecule has 0 unspecified atom stereocenters. The normalized spacial score (nSPS) is 11.9. The number of nitrogens with zero attached hydrogens (tertiary/aromatic N) is 2. The highest BCUT2D eigenvalue weighted by atomic mass is 32.1. The Labute approximate surface area is 193 Å². The number of fused-ring (bicyclic) bond motifs is 1. The summed E-state index contributed by atoms with van der Waals surface area (Å²) >= 11 is 1.67. The van der Waals surface area contributed by atoms with Gasteiger partial charge in [-0.3, -0.25) is 4.79 Å². The maximum absolute atomic E-state index is 13.0. The fourth-order valence-electron chi connectivity index (χ4n) is 3.52. The minimum absolute atomic E-state index is 0.0822. The first kappa shape index (κ1) is 21.9. The van der Waals surface area contributed by atoms with Gasteiger partial charge in [0.05, 0.1) is 23.0 Å². The third-order valence-electron chi connectivity index (χ3n) is 5.40. The molecule has 0 aliphatic rings. The van der Waals surface area contributed by atoms with E-state index in [9.17, 15) is 4.79 Å². The van der Waals surface area contributed by atoms with Crippen molar-refractivity contribution >= 4 is 34.4 Å². The van der Waals surface area contributed by atoms with Gasteiger partial charge in [0.1, 0.15) is 0 Å². The van der Waals surface area contributed by atoms with Crippen LogP contribution in [0, 0.1) is 0 Å². The molecule has 0 aliphatic heterocycles. The standard InChI is InChI=1S/C27H27N3OS/c1-5-20-14-15-21(32-20)17-28-30-26(31)23-16-25(29-24-9-7-6-8-22(23)24)18-10-12-19(13-11-18)27(2,3)4/h6-17H,5H2,1-4H3,(H,30,31)/b28-17-. The number of aromatic nitrogens is 1. The Balaban J connectivity index is 1.65. The van der Waals surface area contributed by atoms with Crippen LogP contribution in [0.25, 0.3) is 22.2 Å². The van der Waals surface area contributed by atoms with Gasteiger partial charge in [-0.1, -0.05) is 70.2 Å². The summed E-state index contributed by atoms with van der Waals surface area (Å²) in [5.41, 5.74) is 7.11. The molecule has 1 amide bonds. The number of pyridine rings is 1. The van der Waals surface area contributed by atoms with Gasteiger partial charge in [-0.15, -0.1) is 11.3 Å². The van der Waals surface area contributed by atoms with Crippen molar-refractivity contribution in [3.8, 4) is 11.3 Å². The fraction of sp³-hybridized carbons (Fsp3) is 0.222.